The van der Waals surface area contributed by atoms with Crippen molar-refractivity contribution in [2.45, 2.75) is 69.8 Å². The average Bonchev–Trinajstić information content (AvgIpc) is 2.74. The Morgan fingerprint density at radius 1 is 0.839 bits per heavy atom. The standard InChI is InChI=1S/C24H26F6O/c1-2-3-16-4-6-17(7-5-16)18-8-10-19(11-9-18)20-12-14-21(15-13-20)31-24(29,30)22(25)23(26,27)28/h8-17,22H,2-7H2,1H3. The summed E-state index contributed by atoms with van der Waals surface area (Å²) in [7, 11) is 0. The monoisotopic (exact) mass is 444 g/mol. The molecule has 0 aliphatic heterocycles. The van der Waals surface area contributed by atoms with Crippen LogP contribution in [-0.2, 0) is 0 Å². The summed E-state index contributed by atoms with van der Waals surface area (Å²) in [5.74, 6) is 0.834. The Hall–Kier alpha value is -2.18. The van der Waals surface area contributed by atoms with Gasteiger partial charge in [-0.2, -0.15) is 22.0 Å². The van der Waals surface area contributed by atoms with Gasteiger partial charge in [0.25, 0.3) is 6.17 Å². The number of alkyl halides is 6. The first-order valence-corrected chi connectivity index (χ1v) is 10.6. The third kappa shape index (κ3) is 5.95. The molecule has 1 saturated carbocycles. The van der Waals surface area contributed by atoms with Crippen LogP contribution >= 0.6 is 0 Å². The highest BCUT2D eigenvalue weighted by Gasteiger charge is 2.59. The third-order valence-corrected chi connectivity index (χ3v) is 5.95. The van der Waals surface area contributed by atoms with Crippen LogP contribution in [0.1, 0.15) is 56.9 Å². The van der Waals surface area contributed by atoms with E-state index in [1.165, 1.54) is 56.2 Å². The number of hydrogen-bond donors (Lipinski definition) is 0. The minimum atomic E-state index is -5.71. The van der Waals surface area contributed by atoms with E-state index < -0.39 is 24.2 Å². The zero-order chi connectivity index (χ0) is 22.6. The number of halogens is 6. The molecule has 1 aliphatic rings. The van der Waals surface area contributed by atoms with Gasteiger partial charge in [-0.25, -0.2) is 4.39 Å². The van der Waals surface area contributed by atoms with Gasteiger partial charge in [0.05, 0.1) is 0 Å². The molecule has 0 amide bonds. The quantitative estimate of drug-likeness (QED) is 0.390. The molecule has 0 saturated heterocycles. The maximum absolute atomic E-state index is 13.4. The highest BCUT2D eigenvalue weighted by molar-refractivity contribution is 5.64. The summed E-state index contributed by atoms with van der Waals surface area (Å²) in [4.78, 5) is 0. The summed E-state index contributed by atoms with van der Waals surface area (Å²) < 4.78 is 80.4. The number of benzene rings is 2. The zero-order valence-corrected chi connectivity index (χ0v) is 17.3. The maximum Gasteiger partial charge on any atom is 0.439 e. The van der Waals surface area contributed by atoms with Crippen LogP contribution in [0.2, 0.25) is 0 Å². The Morgan fingerprint density at radius 2 is 1.35 bits per heavy atom. The van der Waals surface area contributed by atoms with Crippen LogP contribution in [0.15, 0.2) is 48.5 Å². The van der Waals surface area contributed by atoms with Crippen LogP contribution in [0.4, 0.5) is 26.3 Å². The van der Waals surface area contributed by atoms with Crippen LogP contribution in [0.5, 0.6) is 5.75 Å². The van der Waals surface area contributed by atoms with Crippen LogP contribution in [0.3, 0.4) is 0 Å². The van der Waals surface area contributed by atoms with Gasteiger partial charge in [-0.3, -0.25) is 0 Å². The molecule has 1 atom stereocenters. The minimum absolute atomic E-state index is 0.541. The molecule has 1 nitrogen and oxygen atoms in total. The molecule has 1 unspecified atom stereocenters. The van der Waals surface area contributed by atoms with Gasteiger partial charge >= 0.3 is 12.3 Å². The van der Waals surface area contributed by atoms with Crippen molar-refractivity contribution in [3.8, 4) is 16.9 Å². The lowest BCUT2D eigenvalue weighted by atomic mass is 9.77. The minimum Gasteiger partial charge on any atom is -0.430 e. The Morgan fingerprint density at radius 3 is 1.84 bits per heavy atom. The van der Waals surface area contributed by atoms with Crippen molar-refractivity contribution in [3.63, 3.8) is 0 Å². The highest BCUT2D eigenvalue weighted by atomic mass is 19.4. The van der Waals surface area contributed by atoms with Gasteiger partial charge in [-0.1, -0.05) is 56.2 Å². The first kappa shape index (κ1) is 23.5. The number of ether oxygens (including phenoxy) is 1. The summed E-state index contributed by atoms with van der Waals surface area (Å²) in [6.45, 7) is 2.22. The first-order chi connectivity index (χ1) is 14.6. The Labute approximate surface area is 178 Å². The molecule has 31 heavy (non-hydrogen) atoms. The zero-order valence-electron chi connectivity index (χ0n) is 17.3. The molecular weight excluding hydrogens is 418 g/mol. The molecule has 2 aromatic rings. The van der Waals surface area contributed by atoms with E-state index >= 15 is 0 Å². The molecule has 2 aromatic carbocycles. The van der Waals surface area contributed by atoms with Crippen molar-refractivity contribution >= 4 is 0 Å². The van der Waals surface area contributed by atoms with Gasteiger partial charge in [-0.05, 0) is 66.3 Å². The highest BCUT2D eigenvalue weighted by Crippen LogP contribution is 2.39. The molecule has 3 rings (SSSR count). The summed E-state index contributed by atoms with van der Waals surface area (Å²) in [6.07, 6.45) is -7.74. The van der Waals surface area contributed by atoms with Crippen molar-refractivity contribution in [3.05, 3.63) is 54.1 Å². The van der Waals surface area contributed by atoms with Gasteiger partial charge in [-0.15, -0.1) is 0 Å². The molecule has 0 heterocycles. The van der Waals surface area contributed by atoms with Crippen LogP contribution in [0, 0.1) is 5.92 Å². The van der Waals surface area contributed by atoms with Crippen LogP contribution in [0.25, 0.3) is 11.1 Å². The van der Waals surface area contributed by atoms with E-state index in [0.29, 0.717) is 11.5 Å². The van der Waals surface area contributed by atoms with Gasteiger partial charge < -0.3 is 4.74 Å². The molecule has 170 valence electrons. The van der Waals surface area contributed by atoms with E-state index in [9.17, 15) is 26.3 Å². The van der Waals surface area contributed by atoms with E-state index in [1.54, 1.807) is 0 Å². The molecule has 0 bridgehead atoms. The normalized spacial score (nSPS) is 21.0. The Bertz CT molecular complexity index is 821. The van der Waals surface area contributed by atoms with Gasteiger partial charge in [0.2, 0.25) is 0 Å². The molecule has 0 N–H and O–H groups in total. The second-order valence-electron chi connectivity index (χ2n) is 8.22. The van der Waals surface area contributed by atoms with E-state index in [2.05, 4.69) is 23.8 Å². The fourth-order valence-electron chi connectivity index (χ4n) is 4.26. The van der Waals surface area contributed by atoms with E-state index in [-0.39, 0.29) is 0 Å². The third-order valence-electron chi connectivity index (χ3n) is 5.95. The first-order valence-electron chi connectivity index (χ1n) is 10.6. The maximum atomic E-state index is 13.4. The molecular formula is C24H26F6O. The van der Waals surface area contributed by atoms with Crippen LogP contribution < -0.4 is 4.74 Å². The SMILES string of the molecule is CCCC1CCC(c2ccc(-c3ccc(OC(F)(F)C(F)C(F)(F)F)cc3)cc2)CC1. The average molecular weight is 444 g/mol. The topological polar surface area (TPSA) is 9.23 Å². The number of hydrogen-bond acceptors (Lipinski definition) is 1. The van der Waals surface area contributed by atoms with Crippen molar-refractivity contribution in [1.29, 1.82) is 0 Å². The number of rotatable bonds is 7. The van der Waals surface area contributed by atoms with Crippen molar-refractivity contribution in [1.82, 2.24) is 0 Å². The lowest BCUT2D eigenvalue weighted by molar-refractivity contribution is -0.304. The van der Waals surface area contributed by atoms with E-state index in [4.69, 9.17) is 0 Å². The summed E-state index contributed by atoms with van der Waals surface area (Å²) in [5.41, 5.74) is 2.82. The second-order valence-corrected chi connectivity index (χ2v) is 8.22. The summed E-state index contributed by atoms with van der Waals surface area (Å²) in [5, 5.41) is 0. The molecule has 0 aromatic heterocycles. The smallest absolute Gasteiger partial charge is 0.430 e. The fraction of sp³-hybridized carbons (Fsp3) is 0.500. The van der Waals surface area contributed by atoms with E-state index in [1.807, 2.05) is 12.1 Å². The van der Waals surface area contributed by atoms with E-state index in [0.717, 1.165) is 23.6 Å². The van der Waals surface area contributed by atoms with Gasteiger partial charge in [0, 0.05) is 0 Å². The lowest BCUT2D eigenvalue weighted by Crippen LogP contribution is -2.45. The fourth-order valence-corrected chi connectivity index (χ4v) is 4.26. The molecule has 0 spiro atoms. The molecule has 1 fully saturated rings. The lowest BCUT2D eigenvalue weighted by Gasteiger charge is -2.28. The van der Waals surface area contributed by atoms with Crippen molar-refractivity contribution in [2.75, 3.05) is 0 Å². The molecule has 7 heteroatoms. The second kappa shape index (κ2) is 9.53. The molecule has 0 radical (unpaired) electrons. The van der Waals surface area contributed by atoms with Crippen molar-refractivity contribution < 1.29 is 31.1 Å². The Balaban J connectivity index is 1.63. The summed E-state index contributed by atoms with van der Waals surface area (Å²) in [6, 6.07) is 13.1. The summed E-state index contributed by atoms with van der Waals surface area (Å²) >= 11 is 0. The van der Waals surface area contributed by atoms with Gasteiger partial charge in [0.1, 0.15) is 5.75 Å². The molecule has 1 aliphatic carbocycles. The predicted octanol–water partition coefficient (Wildman–Crippen LogP) is 8.30. The largest absolute Gasteiger partial charge is 0.439 e. The van der Waals surface area contributed by atoms with Crippen LogP contribution in [-0.4, -0.2) is 18.5 Å². The predicted molar refractivity (Wildman–Crippen MR) is 108 cm³/mol. The van der Waals surface area contributed by atoms with Gasteiger partial charge in [0.15, 0.2) is 0 Å². The Kier molecular flexibility index (Phi) is 7.22. The van der Waals surface area contributed by atoms with Crippen molar-refractivity contribution in [2.24, 2.45) is 5.92 Å².